The first kappa shape index (κ1) is 9.63. The molecule has 2 nitrogen and oxygen atoms in total. The predicted molar refractivity (Wildman–Crippen MR) is 51.3 cm³/mol. The zero-order chi connectivity index (χ0) is 9.84. The first-order valence-electron chi connectivity index (χ1n) is 3.52. The van der Waals surface area contributed by atoms with Gasteiger partial charge in [0, 0.05) is 11.6 Å². The van der Waals surface area contributed by atoms with Gasteiger partial charge in [-0.05, 0) is 6.07 Å². The van der Waals surface area contributed by atoms with E-state index >= 15 is 0 Å². The van der Waals surface area contributed by atoms with Gasteiger partial charge in [-0.1, -0.05) is 17.5 Å². The second kappa shape index (κ2) is 3.97. The molecule has 0 atom stereocenters. The molecule has 0 radical (unpaired) electrons. The van der Waals surface area contributed by atoms with Crippen molar-refractivity contribution < 1.29 is 9.53 Å². The summed E-state index contributed by atoms with van der Waals surface area (Å²) in [6.07, 6.45) is 5.84. The summed E-state index contributed by atoms with van der Waals surface area (Å²) in [4.78, 5) is 10.6. The van der Waals surface area contributed by atoms with Crippen LogP contribution in [0.3, 0.4) is 0 Å². The molecule has 1 rings (SSSR count). The van der Waals surface area contributed by atoms with E-state index in [-0.39, 0.29) is 0 Å². The zero-order valence-electron chi connectivity index (χ0n) is 7.00. The molecule has 1 aromatic carbocycles. The highest BCUT2D eigenvalue weighted by molar-refractivity contribution is 6.32. The Labute approximate surface area is 81.5 Å². The quantitative estimate of drug-likeness (QED) is 0.533. The van der Waals surface area contributed by atoms with Crippen molar-refractivity contribution in [2.45, 2.75) is 0 Å². The van der Waals surface area contributed by atoms with Crippen molar-refractivity contribution >= 4 is 17.9 Å². The smallest absolute Gasteiger partial charge is 0.151 e. The maximum absolute atomic E-state index is 10.6. The number of benzene rings is 1. The number of halogens is 1. The van der Waals surface area contributed by atoms with Crippen LogP contribution in [0.2, 0.25) is 5.02 Å². The van der Waals surface area contributed by atoms with Gasteiger partial charge >= 0.3 is 0 Å². The highest BCUT2D eigenvalue weighted by Gasteiger charge is 2.06. The van der Waals surface area contributed by atoms with E-state index in [1.807, 2.05) is 0 Å². The number of methoxy groups -OCH3 is 1. The highest BCUT2D eigenvalue weighted by atomic mass is 35.5. The summed E-state index contributed by atoms with van der Waals surface area (Å²) >= 11 is 5.81. The molecule has 13 heavy (non-hydrogen) atoms. The van der Waals surface area contributed by atoms with E-state index in [2.05, 4.69) is 5.92 Å². The summed E-state index contributed by atoms with van der Waals surface area (Å²) in [5, 5.41) is 0.351. The molecule has 66 valence electrons. The Morgan fingerprint density at radius 3 is 2.77 bits per heavy atom. The standard InChI is InChI=1S/C10H7ClO2/c1-3-9-7(6-12)4-8(13-2)5-10(9)11/h1,4-6H,2H3. The normalized spacial score (nSPS) is 9.00. The fourth-order valence-electron chi connectivity index (χ4n) is 0.965. The maximum Gasteiger partial charge on any atom is 0.151 e. The van der Waals surface area contributed by atoms with Crippen LogP contribution in [0.15, 0.2) is 12.1 Å². The Bertz CT molecular complexity index is 377. The first-order chi connectivity index (χ1) is 6.22. The zero-order valence-corrected chi connectivity index (χ0v) is 7.76. The third-order valence-corrected chi connectivity index (χ3v) is 1.90. The van der Waals surface area contributed by atoms with Gasteiger partial charge in [-0.2, -0.15) is 0 Å². The van der Waals surface area contributed by atoms with E-state index in [1.165, 1.54) is 7.11 Å². The summed E-state index contributed by atoms with van der Waals surface area (Å²) in [5.74, 6) is 2.87. The van der Waals surface area contributed by atoms with Crippen molar-refractivity contribution in [3.05, 3.63) is 28.3 Å². The molecule has 0 amide bonds. The minimum Gasteiger partial charge on any atom is -0.497 e. The lowest BCUT2D eigenvalue weighted by Gasteiger charge is -2.04. The van der Waals surface area contributed by atoms with Crippen molar-refractivity contribution in [1.82, 2.24) is 0 Å². The fourth-order valence-corrected chi connectivity index (χ4v) is 1.24. The number of hydrogen-bond donors (Lipinski definition) is 0. The number of carbonyl (C=O) groups excluding carboxylic acids is 1. The van der Waals surface area contributed by atoms with Crippen molar-refractivity contribution in [1.29, 1.82) is 0 Å². The topological polar surface area (TPSA) is 26.3 Å². The fraction of sp³-hybridized carbons (Fsp3) is 0.100. The lowest BCUT2D eigenvalue weighted by Crippen LogP contribution is -1.91. The van der Waals surface area contributed by atoms with Crippen LogP contribution >= 0.6 is 11.6 Å². The molecule has 0 saturated carbocycles. The van der Waals surface area contributed by atoms with Crippen LogP contribution in [0.25, 0.3) is 0 Å². The monoisotopic (exact) mass is 194 g/mol. The number of carbonyl (C=O) groups is 1. The van der Waals surface area contributed by atoms with E-state index < -0.39 is 0 Å². The number of terminal acetylenes is 1. The summed E-state index contributed by atoms with van der Waals surface area (Å²) in [5.41, 5.74) is 0.768. The summed E-state index contributed by atoms with van der Waals surface area (Å²) in [6.45, 7) is 0. The van der Waals surface area contributed by atoms with E-state index in [1.54, 1.807) is 12.1 Å². The molecule has 0 aromatic heterocycles. The Hall–Kier alpha value is -1.46. The molecule has 0 aliphatic heterocycles. The van der Waals surface area contributed by atoms with Crippen LogP contribution < -0.4 is 4.74 Å². The second-order valence-electron chi connectivity index (χ2n) is 2.34. The van der Waals surface area contributed by atoms with Crippen LogP contribution in [-0.4, -0.2) is 13.4 Å². The van der Waals surface area contributed by atoms with Gasteiger partial charge in [-0.15, -0.1) is 6.42 Å². The van der Waals surface area contributed by atoms with Crippen molar-refractivity contribution in [3.8, 4) is 18.1 Å². The molecular formula is C10H7ClO2. The van der Waals surface area contributed by atoms with Gasteiger partial charge in [-0.25, -0.2) is 0 Å². The Balaban J connectivity index is 3.39. The molecule has 0 aliphatic carbocycles. The average molecular weight is 195 g/mol. The van der Waals surface area contributed by atoms with E-state index in [0.717, 1.165) is 0 Å². The van der Waals surface area contributed by atoms with Crippen LogP contribution in [0.4, 0.5) is 0 Å². The average Bonchev–Trinajstić information content (AvgIpc) is 2.16. The van der Waals surface area contributed by atoms with Crippen molar-refractivity contribution in [3.63, 3.8) is 0 Å². The molecule has 0 aliphatic rings. The van der Waals surface area contributed by atoms with Gasteiger partial charge in [0.05, 0.1) is 17.7 Å². The van der Waals surface area contributed by atoms with Gasteiger partial charge < -0.3 is 4.74 Å². The van der Waals surface area contributed by atoms with E-state index in [9.17, 15) is 4.79 Å². The van der Waals surface area contributed by atoms with Crippen LogP contribution in [-0.2, 0) is 0 Å². The maximum atomic E-state index is 10.6. The molecule has 0 heterocycles. The molecule has 0 fully saturated rings. The van der Waals surface area contributed by atoms with E-state index in [4.69, 9.17) is 22.8 Å². The van der Waals surface area contributed by atoms with Crippen molar-refractivity contribution in [2.24, 2.45) is 0 Å². The molecule has 0 spiro atoms. The molecule has 0 N–H and O–H groups in total. The summed E-state index contributed by atoms with van der Waals surface area (Å²) in [7, 11) is 1.50. The number of rotatable bonds is 2. The third kappa shape index (κ3) is 1.82. The Kier molecular flexibility index (Phi) is 2.94. The van der Waals surface area contributed by atoms with Crippen LogP contribution in [0.1, 0.15) is 15.9 Å². The highest BCUT2D eigenvalue weighted by Crippen LogP contribution is 2.24. The number of hydrogen-bond acceptors (Lipinski definition) is 2. The third-order valence-electron chi connectivity index (χ3n) is 1.60. The minimum absolute atomic E-state index is 0.351. The molecule has 3 heteroatoms. The van der Waals surface area contributed by atoms with E-state index in [0.29, 0.717) is 28.2 Å². The molecule has 0 saturated heterocycles. The van der Waals surface area contributed by atoms with Gasteiger partial charge in [0.25, 0.3) is 0 Å². The number of aldehydes is 1. The van der Waals surface area contributed by atoms with Gasteiger partial charge in [0.2, 0.25) is 0 Å². The summed E-state index contributed by atoms with van der Waals surface area (Å²) in [6, 6.07) is 3.12. The summed E-state index contributed by atoms with van der Waals surface area (Å²) < 4.78 is 4.93. The van der Waals surface area contributed by atoms with Gasteiger partial charge in [0.15, 0.2) is 6.29 Å². The van der Waals surface area contributed by atoms with Gasteiger partial charge in [-0.3, -0.25) is 4.79 Å². The first-order valence-corrected chi connectivity index (χ1v) is 3.90. The number of ether oxygens (including phenoxy) is 1. The van der Waals surface area contributed by atoms with Crippen LogP contribution in [0.5, 0.6) is 5.75 Å². The Morgan fingerprint density at radius 1 is 1.62 bits per heavy atom. The lowest BCUT2D eigenvalue weighted by molar-refractivity contribution is 0.112. The van der Waals surface area contributed by atoms with Gasteiger partial charge in [0.1, 0.15) is 5.75 Å². The molecule has 0 unspecified atom stereocenters. The minimum atomic E-state index is 0.351. The largest absolute Gasteiger partial charge is 0.497 e. The molecule has 1 aromatic rings. The lowest BCUT2D eigenvalue weighted by atomic mass is 10.1. The SMILES string of the molecule is C#Cc1c(Cl)cc(OC)cc1C=O. The molecule has 0 bridgehead atoms. The van der Waals surface area contributed by atoms with Crippen LogP contribution in [0, 0.1) is 12.3 Å². The Morgan fingerprint density at radius 2 is 2.31 bits per heavy atom. The predicted octanol–water partition coefficient (Wildman–Crippen LogP) is 2.14. The second-order valence-corrected chi connectivity index (χ2v) is 2.74. The van der Waals surface area contributed by atoms with Crippen molar-refractivity contribution in [2.75, 3.05) is 7.11 Å². The molecular weight excluding hydrogens is 188 g/mol.